The third-order valence-corrected chi connectivity index (χ3v) is 10.7. The normalized spacial score (nSPS) is 27.0. The number of hydrogen-bond acceptors (Lipinski definition) is 5. The van der Waals surface area contributed by atoms with Gasteiger partial charge >= 0.3 is 0 Å². The highest BCUT2D eigenvalue weighted by atomic mass is 35.5. The van der Waals surface area contributed by atoms with Crippen LogP contribution in [0.25, 0.3) is 22.0 Å². The van der Waals surface area contributed by atoms with E-state index in [0.29, 0.717) is 52.1 Å². The smallest absolute Gasteiger partial charge is 0.211 e. The summed E-state index contributed by atoms with van der Waals surface area (Å²) in [6.45, 7) is 6.52. The highest BCUT2D eigenvalue weighted by molar-refractivity contribution is 6.36. The van der Waals surface area contributed by atoms with E-state index in [-0.39, 0.29) is 29.8 Å². The molecule has 1 N–H and O–H groups in total. The molecule has 3 aromatic rings. The molecule has 4 aliphatic heterocycles. The second-order valence-corrected chi connectivity index (χ2v) is 13.6. The second kappa shape index (κ2) is 12.6. The molecule has 1 aromatic heterocycles. The molecule has 2 bridgehead atoms. The van der Waals surface area contributed by atoms with Crippen LogP contribution < -0.4 is 5.32 Å². The summed E-state index contributed by atoms with van der Waals surface area (Å²) in [6.07, 6.45) is 10.6. The highest BCUT2D eigenvalue weighted by Gasteiger charge is 2.49. The number of halogens is 3. The lowest BCUT2D eigenvalue weighted by Gasteiger charge is -2.36. The topological polar surface area (TPSA) is 53.0 Å². The lowest BCUT2D eigenvalue weighted by atomic mass is 9.95. The van der Waals surface area contributed by atoms with Gasteiger partial charge in [0.05, 0.1) is 5.54 Å². The van der Waals surface area contributed by atoms with Crippen LogP contribution in [0, 0.1) is 12.7 Å². The van der Waals surface area contributed by atoms with Crippen molar-refractivity contribution in [1.82, 2.24) is 20.1 Å². The van der Waals surface area contributed by atoms with Gasteiger partial charge in [0.1, 0.15) is 24.8 Å². The summed E-state index contributed by atoms with van der Waals surface area (Å²) in [5, 5.41) is 5.99. The van der Waals surface area contributed by atoms with Crippen molar-refractivity contribution in [1.29, 1.82) is 0 Å². The molecule has 45 heavy (non-hydrogen) atoms. The fourth-order valence-electron chi connectivity index (χ4n) is 8.16. The zero-order chi connectivity index (χ0) is 31.1. The molecule has 0 radical (unpaired) electrons. The standard InChI is InChI=1S/C36H42ClF2N5O/c1-3-7-31(45-22-36-15-6-17-44(36)27(18-38)14-16-36)42-35(43-20-25-12-13-26(21-43)41-25)29-19-40-34(33(39)23(29)2)28-10-4-8-24-9-5-11-30(37)32(24)28/h4-5,7-11,19,25-27,41H,3,6,12-18,20-22H2,1-2H3/b31-7-,42-35+. The minimum atomic E-state index is -0.378. The Morgan fingerprint density at radius 2 is 1.93 bits per heavy atom. The molecule has 6 nitrogen and oxygen atoms in total. The van der Waals surface area contributed by atoms with E-state index in [0.717, 1.165) is 75.4 Å². The molecule has 0 amide bonds. The van der Waals surface area contributed by atoms with Crippen molar-refractivity contribution in [2.24, 2.45) is 4.99 Å². The molecule has 4 atom stereocenters. The number of alkyl halides is 1. The summed E-state index contributed by atoms with van der Waals surface area (Å²) in [7, 11) is 0. The summed E-state index contributed by atoms with van der Waals surface area (Å²) in [5.41, 5.74) is 1.96. The van der Waals surface area contributed by atoms with Crippen LogP contribution in [-0.2, 0) is 4.74 Å². The van der Waals surface area contributed by atoms with Crippen LogP contribution >= 0.6 is 11.6 Å². The predicted molar refractivity (Wildman–Crippen MR) is 177 cm³/mol. The Morgan fingerprint density at radius 3 is 2.69 bits per heavy atom. The van der Waals surface area contributed by atoms with Crippen LogP contribution in [0.1, 0.15) is 63.0 Å². The first-order valence-corrected chi connectivity index (χ1v) is 16.9. The van der Waals surface area contributed by atoms with Gasteiger partial charge in [-0.05, 0) is 81.5 Å². The Balaban J connectivity index is 1.26. The molecule has 0 spiro atoms. The van der Waals surface area contributed by atoms with E-state index in [1.165, 1.54) is 0 Å². The Labute approximate surface area is 269 Å². The van der Waals surface area contributed by atoms with Crippen molar-refractivity contribution in [3.05, 3.63) is 76.5 Å². The van der Waals surface area contributed by atoms with Gasteiger partial charge in [-0.15, -0.1) is 0 Å². The number of pyridine rings is 1. The maximum atomic E-state index is 16.5. The average molecular weight is 634 g/mol. The van der Waals surface area contributed by atoms with Gasteiger partial charge in [0.2, 0.25) is 5.88 Å². The van der Waals surface area contributed by atoms with Gasteiger partial charge in [0.15, 0.2) is 5.82 Å². The fraction of sp³-hybridized carbons (Fsp3) is 0.500. The molecule has 2 aromatic carbocycles. The molecule has 4 fully saturated rings. The highest BCUT2D eigenvalue weighted by Crippen LogP contribution is 2.43. The van der Waals surface area contributed by atoms with Gasteiger partial charge < -0.3 is 15.0 Å². The number of ether oxygens (including phenoxy) is 1. The van der Waals surface area contributed by atoms with Crippen molar-refractivity contribution in [2.45, 2.75) is 82.5 Å². The second-order valence-electron chi connectivity index (χ2n) is 13.2. The minimum absolute atomic E-state index is 0.0167. The van der Waals surface area contributed by atoms with Crippen molar-refractivity contribution < 1.29 is 13.5 Å². The predicted octanol–water partition coefficient (Wildman–Crippen LogP) is 7.42. The molecule has 7 rings (SSSR count). The first kappa shape index (κ1) is 30.6. The molecule has 0 saturated carbocycles. The maximum absolute atomic E-state index is 16.5. The maximum Gasteiger partial charge on any atom is 0.211 e. The third kappa shape index (κ3) is 5.63. The summed E-state index contributed by atoms with van der Waals surface area (Å²) in [4.78, 5) is 14.5. The van der Waals surface area contributed by atoms with Gasteiger partial charge in [0, 0.05) is 58.9 Å². The Hall–Kier alpha value is -3.07. The monoisotopic (exact) mass is 633 g/mol. The Bertz CT molecular complexity index is 1630. The van der Waals surface area contributed by atoms with Crippen molar-refractivity contribution in [3.8, 4) is 11.3 Å². The Kier molecular flexibility index (Phi) is 8.57. The number of benzene rings is 2. The number of aromatic nitrogens is 1. The minimum Gasteiger partial charge on any atom is -0.476 e. The summed E-state index contributed by atoms with van der Waals surface area (Å²) in [5.74, 6) is 0.845. The van der Waals surface area contributed by atoms with Crippen molar-refractivity contribution in [2.75, 3.05) is 32.9 Å². The van der Waals surface area contributed by atoms with E-state index < -0.39 is 0 Å². The fourth-order valence-corrected chi connectivity index (χ4v) is 8.44. The van der Waals surface area contributed by atoms with Crippen LogP contribution in [0.15, 0.2) is 59.5 Å². The molecular formula is C36H42ClF2N5O. The number of nitrogens with one attached hydrogen (secondary N) is 1. The Morgan fingerprint density at radius 1 is 1.16 bits per heavy atom. The van der Waals surface area contributed by atoms with E-state index in [2.05, 4.69) is 22.0 Å². The van der Waals surface area contributed by atoms with Gasteiger partial charge in [-0.25, -0.2) is 8.78 Å². The van der Waals surface area contributed by atoms with E-state index in [4.69, 9.17) is 26.3 Å². The summed E-state index contributed by atoms with van der Waals surface area (Å²) in [6, 6.07) is 12.2. The lowest BCUT2D eigenvalue weighted by molar-refractivity contribution is 0.0502. The van der Waals surface area contributed by atoms with E-state index in [9.17, 15) is 4.39 Å². The van der Waals surface area contributed by atoms with Crippen LogP contribution in [-0.4, -0.2) is 77.2 Å². The quantitative estimate of drug-likeness (QED) is 0.159. The van der Waals surface area contributed by atoms with Gasteiger partial charge in [-0.2, -0.15) is 4.99 Å². The molecule has 4 saturated heterocycles. The first-order chi connectivity index (χ1) is 21.9. The van der Waals surface area contributed by atoms with E-state index >= 15 is 4.39 Å². The largest absolute Gasteiger partial charge is 0.476 e. The number of aliphatic imine (C=N–C) groups is 1. The molecule has 4 unspecified atom stereocenters. The molecule has 0 aliphatic carbocycles. The molecule has 9 heteroatoms. The molecule has 238 valence electrons. The SMILES string of the molecule is CC/C=C(/N=C(\c1cnc(-c2cccc3cccc(Cl)c23)c(F)c1C)N1CC2CCC(C1)N2)OCC12CCCN1C(CF)CC2. The van der Waals surface area contributed by atoms with Crippen LogP contribution in [0.5, 0.6) is 0 Å². The lowest BCUT2D eigenvalue weighted by Crippen LogP contribution is -2.53. The molecular weight excluding hydrogens is 592 g/mol. The van der Waals surface area contributed by atoms with Gasteiger partial charge in [-0.3, -0.25) is 9.88 Å². The number of likely N-dealkylation sites (tertiary alicyclic amines) is 1. The van der Waals surface area contributed by atoms with Crippen LogP contribution in [0.2, 0.25) is 5.02 Å². The molecule has 4 aliphatic rings. The average Bonchev–Trinajstić information content (AvgIpc) is 3.72. The van der Waals surface area contributed by atoms with E-state index in [1.54, 1.807) is 6.20 Å². The van der Waals surface area contributed by atoms with Crippen LogP contribution in [0.4, 0.5) is 8.78 Å². The number of fused-ring (bicyclic) bond motifs is 4. The molecule has 5 heterocycles. The number of nitrogens with zero attached hydrogens (tertiary/aromatic N) is 4. The van der Waals surface area contributed by atoms with Crippen LogP contribution in [0.3, 0.4) is 0 Å². The number of piperazine rings is 1. The number of amidine groups is 1. The third-order valence-electron chi connectivity index (χ3n) is 10.4. The van der Waals surface area contributed by atoms with E-state index in [1.807, 2.05) is 49.4 Å². The number of rotatable bonds is 8. The summed E-state index contributed by atoms with van der Waals surface area (Å²) < 4.78 is 36.8. The zero-order valence-electron chi connectivity index (χ0n) is 26.2. The first-order valence-electron chi connectivity index (χ1n) is 16.5. The van der Waals surface area contributed by atoms with Crippen molar-refractivity contribution in [3.63, 3.8) is 0 Å². The zero-order valence-corrected chi connectivity index (χ0v) is 26.9. The van der Waals surface area contributed by atoms with Gasteiger partial charge in [-0.1, -0.05) is 48.9 Å². The number of hydrogen-bond donors (Lipinski definition) is 1. The van der Waals surface area contributed by atoms with Crippen molar-refractivity contribution >= 4 is 28.2 Å². The summed E-state index contributed by atoms with van der Waals surface area (Å²) >= 11 is 6.61. The number of allylic oxidation sites excluding steroid dienone is 1. The van der Waals surface area contributed by atoms with Gasteiger partial charge in [0.25, 0.3) is 0 Å².